The Morgan fingerprint density at radius 3 is 1.86 bits per heavy atom. The fourth-order valence-corrected chi connectivity index (χ4v) is 2.97. The van der Waals surface area contributed by atoms with Gasteiger partial charge in [0.2, 0.25) is 0 Å². The molecule has 0 unspecified atom stereocenters. The monoisotopic (exact) mass is 404 g/mol. The van der Waals surface area contributed by atoms with Crippen molar-refractivity contribution in [1.29, 1.82) is 0 Å². The number of hydrogen-bond donors (Lipinski definition) is 0. The Morgan fingerprint density at radius 1 is 0.724 bits per heavy atom. The van der Waals surface area contributed by atoms with Crippen molar-refractivity contribution in [1.82, 2.24) is 0 Å². The number of ketones is 1. The van der Waals surface area contributed by atoms with Crippen LogP contribution in [-0.4, -0.2) is 24.3 Å². The molecule has 0 aliphatic heterocycles. The van der Waals surface area contributed by atoms with Crippen LogP contribution in [0.25, 0.3) is 0 Å². The SMILES string of the molecule is CCCCCCOC(=O)CCCCCCCCC(=O)Oc1ccc(C(C)=O)cc1. The maximum Gasteiger partial charge on any atom is 0.311 e. The Kier molecular flexibility index (Phi) is 13.5. The van der Waals surface area contributed by atoms with Crippen molar-refractivity contribution in [2.75, 3.05) is 6.61 Å². The van der Waals surface area contributed by atoms with Gasteiger partial charge >= 0.3 is 11.9 Å². The second-order valence-electron chi connectivity index (χ2n) is 7.46. The zero-order chi connectivity index (χ0) is 21.3. The van der Waals surface area contributed by atoms with Gasteiger partial charge in [0, 0.05) is 18.4 Å². The lowest BCUT2D eigenvalue weighted by atomic mass is 10.1. The smallest absolute Gasteiger partial charge is 0.311 e. The second-order valence-corrected chi connectivity index (χ2v) is 7.46. The van der Waals surface area contributed by atoms with Crippen LogP contribution < -0.4 is 4.74 Å². The van der Waals surface area contributed by atoms with Gasteiger partial charge in [-0.15, -0.1) is 0 Å². The zero-order valence-electron chi connectivity index (χ0n) is 18.0. The fourth-order valence-electron chi connectivity index (χ4n) is 2.97. The molecule has 29 heavy (non-hydrogen) atoms. The third-order valence-electron chi connectivity index (χ3n) is 4.77. The second kappa shape index (κ2) is 15.7. The van der Waals surface area contributed by atoms with Crippen molar-refractivity contribution in [2.45, 2.75) is 90.9 Å². The van der Waals surface area contributed by atoms with Crippen LogP contribution in [0.1, 0.15) is 101 Å². The standard InChI is InChI=1S/C24H36O5/c1-3-4-5-12-19-28-23(26)13-10-8-6-7-9-11-14-24(27)29-22-17-15-21(16-18-22)20(2)25/h15-18H,3-14,19H2,1-2H3. The highest BCUT2D eigenvalue weighted by atomic mass is 16.5. The van der Waals surface area contributed by atoms with E-state index in [9.17, 15) is 14.4 Å². The highest BCUT2D eigenvalue weighted by Crippen LogP contribution is 2.15. The van der Waals surface area contributed by atoms with Crippen molar-refractivity contribution < 1.29 is 23.9 Å². The number of ether oxygens (including phenoxy) is 2. The summed E-state index contributed by atoms with van der Waals surface area (Å²) >= 11 is 0. The highest BCUT2D eigenvalue weighted by Gasteiger charge is 2.06. The number of carbonyl (C=O) groups is 3. The molecule has 1 aromatic carbocycles. The quantitative estimate of drug-likeness (QED) is 0.145. The van der Waals surface area contributed by atoms with Crippen molar-refractivity contribution in [3.05, 3.63) is 29.8 Å². The van der Waals surface area contributed by atoms with E-state index < -0.39 is 0 Å². The molecule has 0 saturated carbocycles. The molecule has 0 aromatic heterocycles. The Hall–Kier alpha value is -2.17. The topological polar surface area (TPSA) is 69.7 Å². The molecule has 0 atom stereocenters. The molecule has 1 aromatic rings. The molecule has 0 saturated heterocycles. The van der Waals surface area contributed by atoms with Gasteiger partial charge < -0.3 is 9.47 Å². The molecule has 0 spiro atoms. The summed E-state index contributed by atoms with van der Waals surface area (Å²) in [7, 11) is 0. The molecule has 0 aliphatic carbocycles. The first-order valence-corrected chi connectivity index (χ1v) is 11.0. The number of rotatable bonds is 16. The van der Waals surface area contributed by atoms with Crippen LogP contribution in [0.5, 0.6) is 5.75 Å². The number of Topliss-reactive ketones (excluding diaryl/α,β-unsaturated/α-hetero) is 1. The summed E-state index contributed by atoms with van der Waals surface area (Å²) < 4.78 is 10.5. The predicted octanol–water partition coefficient (Wildman–Crippen LogP) is 6.04. The maximum atomic E-state index is 11.8. The normalized spacial score (nSPS) is 10.6. The van der Waals surface area contributed by atoms with Crippen LogP contribution in [0.3, 0.4) is 0 Å². The highest BCUT2D eigenvalue weighted by molar-refractivity contribution is 5.94. The van der Waals surface area contributed by atoms with Gasteiger partial charge in [0.05, 0.1) is 6.61 Å². The number of benzene rings is 1. The van der Waals surface area contributed by atoms with Crippen molar-refractivity contribution in [2.24, 2.45) is 0 Å². The first kappa shape index (κ1) is 24.9. The van der Waals surface area contributed by atoms with Crippen molar-refractivity contribution in [3.63, 3.8) is 0 Å². The summed E-state index contributed by atoms with van der Waals surface area (Å²) in [4.78, 5) is 34.7. The van der Waals surface area contributed by atoms with Gasteiger partial charge in [-0.25, -0.2) is 0 Å². The van der Waals surface area contributed by atoms with Crippen LogP contribution in [0.15, 0.2) is 24.3 Å². The summed E-state index contributed by atoms with van der Waals surface area (Å²) in [5, 5.41) is 0. The Labute approximate surface area is 175 Å². The molecule has 0 radical (unpaired) electrons. The van der Waals surface area contributed by atoms with E-state index in [-0.39, 0.29) is 17.7 Å². The van der Waals surface area contributed by atoms with Gasteiger partial charge in [0.15, 0.2) is 5.78 Å². The van der Waals surface area contributed by atoms with Gasteiger partial charge in [-0.1, -0.05) is 51.9 Å². The van der Waals surface area contributed by atoms with E-state index in [0.717, 1.165) is 51.4 Å². The minimum Gasteiger partial charge on any atom is -0.466 e. The lowest BCUT2D eigenvalue weighted by molar-refractivity contribution is -0.144. The molecule has 1 rings (SSSR count). The van der Waals surface area contributed by atoms with E-state index >= 15 is 0 Å². The summed E-state index contributed by atoms with van der Waals surface area (Å²) in [6.45, 7) is 4.22. The molecular weight excluding hydrogens is 368 g/mol. The molecule has 0 heterocycles. The molecule has 0 aliphatic rings. The van der Waals surface area contributed by atoms with Crippen molar-refractivity contribution >= 4 is 17.7 Å². The summed E-state index contributed by atoms with van der Waals surface area (Å²) in [5.74, 6) is 0.127. The predicted molar refractivity (Wildman–Crippen MR) is 114 cm³/mol. The largest absolute Gasteiger partial charge is 0.466 e. The average molecular weight is 405 g/mol. The van der Waals surface area contributed by atoms with Gasteiger partial charge in [0.25, 0.3) is 0 Å². The third kappa shape index (κ3) is 12.8. The summed E-state index contributed by atoms with van der Waals surface area (Å²) in [6.07, 6.45) is 11.1. The average Bonchev–Trinajstić information content (AvgIpc) is 2.70. The minimum atomic E-state index is -0.248. The van der Waals surface area contributed by atoms with Crippen molar-refractivity contribution in [3.8, 4) is 5.75 Å². The fraction of sp³-hybridized carbons (Fsp3) is 0.625. The van der Waals surface area contributed by atoms with E-state index in [4.69, 9.17) is 9.47 Å². The lowest BCUT2D eigenvalue weighted by Gasteiger charge is -2.06. The van der Waals surface area contributed by atoms with Gasteiger partial charge in [-0.3, -0.25) is 14.4 Å². The molecule has 0 bridgehead atoms. The van der Waals surface area contributed by atoms with Gasteiger partial charge in [-0.2, -0.15) is 0 Å². The molecule has 0 N–H and O–H groups in total. The van der Waals surface area contributed by atoms with E-state index in [1.165, 1.54) is 19.8 Å². The molecule has 0 fully saturated rings. The molecule has 5 heteroatoms. The third-order valence-corrected chi connectivity index (χ3v) is 4.77. The minimum absolute atomic E-state index is 0.0119. The summed E-state index contributed by atoms with van der Waals surface area (Å²) in [6, 6.07) is 6.61. The van der Waals surface area contributed by atoms with E-state index in [0.29, 0.717) is 30.8 Å². The first-order chi connectivity index (χ1) is 14.0. The summed E-state index contributed by atoms with van der Waals surface area (Å²) in [5.41, 5.74) is 0.602. The lowest BCUT2D eigenvalue weighted by Crippen LogP contribution is -2.07. The Bertz CT molecular complexity index is 606. The van der Waals surface area contributed by atoms with E-state index in [1.807, 2.05) is 0 Å². The molecule has 162 valence electrons. The number of esters is 2. The Morgan fingerprint density at radius 2 is 1.28 bits per heavy atom. The van der Waals surface area contributed by atoms with Crippen LogP contribution >= 0.6 is 0 Å². The zero-order valence-corrected chi connectivity index (χ0v) is 18.0. The van der Waals surface area contributed by atoms with Crippen LogP contribution in [0, 0.1) is 0 Å². The van der Waals surface area contributed by atoms with Crippen LogP contribution in [-0.2, 0) is 14.3 Å². The van der Waals surface area contributed by atoms with Gasteiger partial charge in [0.1, 0.15) is 5.75 Å². The Balaban J connectivity index is 1.96. The number of carbonyl (C=O) groups excluding carboxylic acids is 3. The van der Waals surface area contributed by atoms with Crippen LogP contribution in [0.2, 0.25) is 0 Å². The molecule has 5 nitrogen and oxygen atoms in total. The molecule has 0 amide bonds. The maximum absolute atomic E-state index is 11.8. The van der Waals surface area contributed by atoms with E-state index in [2.05, 4.69) is 6.92 Å². The van der Waals surface area contributed by atoms with E-state index in [1.54, 1.807) is 24.3 Å². The number of unbranched alkanes of at least 4 members (excludes halogenated alkanes) is 8. The van der Waals surface area contributed by atoms with Crippen LogP contribution in [0.4, 0.5) is 0 Å². The molecular formula is C24H36O5. The number of hydrogen-bond acceptors (Lipinski definition) is 5. The first-order valence-electron chi connectivity index (χ1n) is 11.0. The van der Waals surface area contributed by atoms with Gasteiger partial charge in [-0.05, 0) is 50.5 Å².